The number of piperidine rings is 1. The van der Waals surface area contributed by atoms with Crippen LogP contribution in [0.25, 0.3) is 22.6 Å². The van der Waals surface area contributed by atoms with E-state index >= 15 is 0 Å². The first-order valence-corrected chi connectivity index (χ1v) is 13.7. The van der Waals surface area contributed by atoms with Crippen molar-refractivity contribution in [3.05, 3.63) is 78.9 Å². The molecule has 0 bridgehead atoms. The minimum absolute atomic E-state index is 0.0430. The second-order valence-electron chi connectivity index (χ2n) is 8.74. The lowest BCUT2D eigenvalue weighted by molar-refractivity contribution is -0.384. The maximum absolute atomic E-state index is 12.8. The van der Waals surface area contributed by atoms with E-state index in [-0.39, 0.29) is 16.4 Å². The van der Waals surface area contributed by atoms with Crippen LogP contribution in [0.2, 0.25) is 5.02 Å². The van der Waals surface area contributed by atoms with Crippen molar-refractivity contribution < 1.29 is 14.1 Å². The normalized spacial score (nSPS) is 13.4. The third-order valence-corrected chi connectivity index (χ3v) is 7.37. The second-order valence-corrected chi connectivity index (χ2v) is 10.8. The number of oxazole rings is 1. The first-order chi connectivity index (χ1) is 18.3. The average molecular weight is 662 g/mol. The Bertz CT molecular complexity index is 1570. The Hall–Kier alpha value is -3.29. The van der Waals surface area contributed by atoms with Crippen LogP contribution in [0.1, 0.15) is 29.6 Å². The van der Waals surface area contributed by atoms with Gasteiger partial charge >= 0.3 is 0 Å². The van der Waals surface area contributed by atoms with E-state index < -0.39 is 10.8 Å². The number of fused-ring (bicyclic) bond motifs is 1. The van der Waals surface area contributed by atoms with E-state index in [0.29, 0.717) is 39.0 Å². The van der Waals surface area contributed by atoms with Crippen molar-refractivity contribution in [3.63, 3.8) is 0 Å². The number of hydrogen-bond donors (Lipinski definition) is 2. The predicted octanol–water partition coefficient (Wildman–Crippen LogP) is 6.78. The van der Waals surface area contributed by atoms with Crippen molar-refractivity contribution in [2.24, 2.45) is 0 Å². The largest absolute Gasteiger partial charge is 0.436 e. The molecular weight excluding hydrogens is 641 g/mol. The number of thiocarbonyl (C=S) groups is 1. The first-order valence-electron chi connectivity index (χ1n) is 11.8. The standard InChI is InChI=1S/C26H21ClIN5O4S/c27-19-7-5-16(28)13-18(19)25-30-20-14-17(6-9-23(20)37-25)29-26(38)31-24(34)15-4-8-21(22(12-15)33(35)36)32-10-2-1-3-11-32/h4-9,12-14H,1-3,10-11H2,(H2,29,31,34,38). The quantitative estimate of drug-likeness (QED) is 0.104. The van der Waals surface area contributed by atoms with Gasteiger partial charge in [0.1, 0.15) is 11.2 Å². The molecule has 0 unspecified atom stereocenters. The van der Waals surface area contributed by atoms with Gasteiger partial charge in [0.25, 0.3) is 11.6 Å². The summed E-state index contributed by atoms with van der Waals surface area (Å²) < 4.78 is 6.87. The molecule has 1 aliphatic heterocycles. The highest BCUT2D eigenvalue weighted by Crippen LogP contribution is 2.33. The number of amides is 1. The van der Waals surface area contributed by atoms with E-state index in [0.717, 1.165) is 35.9 Å². The Morgan fingerprint density at radius 3 is 2.66 bits per heavy atom. The molecule has 1 aliphatic rings. The van der Waals surface area contributed by atoms with Gasteiger partial charge in [-0.3, -0.25) is 20.2 Å². The Balaban J connectivity index is 1.29. The van der Waals surface area contributed by atoms with Crippen LogP contribution in [0.5, 0.6) is 0 Å². The van der Waals surface area contributed by atoms with Gasteiger partial charge in [-0.1, -0.05) is 11.6 Å². The number of nitro benzene ring substituents is 1. The molecule has 9 nitrogen and oxygen atoms in total. The highest BCUT2D eigenvalue weighted by atomic mass is 127. The van der Waals surface area contributed by atoms with Gasteiger partial charge in [0.2, 0.25) is 5.89 Å². The number of rotatable bonds is 5. The van der Waals surface area contributed by atoms with E-state index in [2.05, 4.69) is 38.2 Å². The molecule has 0 spiro atoms. The topological polar surface area (TPSA) is 114 Å². The third kappa shape index (κ3) is 5.74. The van der Waals surface area contributed by atoms with Crippen molar-refractivity contribution >= 4 is 85.6 Å². The smallest absolute Gasteiger partial charge is 0.293 e. The summed E-state index contributed by atoms with van der Waals surface area (Å²) in [4.78, 5) is 30.6. The zero-order chi connectivity index (χ0) is 26.8. The van der Waals surface area contributed by atoms with E-state index in [1.54, 1.807) is 36.4 Å². The van der Waals surface area contributed by atoms with Crippen LogP contribution in [0.3, 0.4) is 0 Å². The molecule has 0 atom stereocenters. The van der Waals surface area contributed by atoms with Crippen LogP contribution >= 0.6 is 46.4 Å². The number of carbonyl (C=O) groups is 1. The number of aromatic nitrogens is 1. The van der Waals surface area contributed by atoms with Crippen molar-refractivity contribution in [1.82, 2.24) is 10.3 Å². The highest BCUT2D eigenvalue weighted by Gasteiger charge is 2.23. The van der Waals surface area contributed by atoms with Gasteiger partial charge in [-0.2, -0.15) is 0 Å². The summed E-state index contributed by atoms with van der Waals surface area (Å²) in [5.41, 5.74) is 3.00. The van der Waals surface area contributed by atoms with Crippen molar-refractivity contribution in [2.45, 2.75) is 19.3 Å². The SMILES string of the molecule is O=C(NC(=S)Nc1ccc2oc(-c3cc(I)ccc3Cl)nc2c1)c1ccc(N2CCCCC2)c([N+](=O)[O-])c1. The zero-order valence-corrected chi connectivity index (χ0v) is 23.6. The molecule has 0 radical (unpaired) electrons. The maximum atomic E-state index is 12.8. The average Bonchev–Trinajstić information content (AvgIpc) is 3.33. The summed E-state index contributed by atoms with van der Waals surface area (Å²) in [5, 5.41) is 17.8. The van der Waals surface area contributed by atoms with E-state index in [1.165, 1.54) is 6.07 Å². The first kappa shape index (κ1) is 26.3. The molecule has 2 heterocycles. The predicted molar refractivity (Wildman–Crippen MR) is 160 cm³/mol. The van der Waals surface area contributed by atoms with Gasteiger partial charge < -0.3 is 14.6 Å². The fraction of sp³-hybridized carbons (Fsp3) is 0.192. The lowest BCUT2D eigenvalue weighted by Gasteiger charge is -2.28. The number of carbonyl (C=O) groups excluding carboxylic acids is 1. The summed E-state index contributed by atoms with van der Waals surface area (Å²) >= 11 is 13.8. The van der Waals surface area contributed by atoms with Crippen LogP contribution in [-0.4, -0.2) is 34.0 Å². The highest BCUT2D eigenvalue weighted by molar-refractivity contribution is 14.1. The lowest BCUT2D eigenvalue weighted by Crippen LogP contribution is -2.34. The molecule has 1 saturated heterocycles. The molecule has 0 saturated carbocycles. The number of hydrogen-bond acceptors (Lipinski definition) is 7. The molecule has 5 rings (SSSR count). The number of anilines is 2. The minimum Gasteiger partial charge on any atom is -0.436 e. The van der Waals surface area contributed by atoms with Crippen LogP contribution in [0, 0.1) is 13.7 Å². The van der Waals surface area contributed by atoms with E-state index in [4.69, 9.17) is 28.2 Å². The third-order valence-electron chi connectivity index (χ3n) is 6.16. The Labute approximate surface area is 241 Å². The monoisotopic (exact) mass is 661 g/mol. The maximum Gasteiger partial charge on any atom is 0.293 e. The van der Waals surface area contributed by atoms with Crippen LogP contribution in [0.15, 0.2) is 59.0 Å². The van der Waals surface area contributed by atoms with Gasteiger partial charge in [0.15, 0.2) is 10.7 Å². The molecule has 1 aromatic heterocycles. The molecule has 0 aliphatic carbocycles. The molecular formula is C26H21ClIN5O4S. The fourth-order valence-corrected chi connectivity index (χ4v) is 5.23. The van der Waals surface area contributed by atoms with E-state index in [9.17, 15) is 14.9 Å². The van der Waals surface area contributed by atoms with Gasteiger partial charge in [-0.25, -0.2) is 4.98 Å². The molecule has 194 valence electrons. The van der Waals surface area contributed by atoms with Crippen LogP contribution in [-0.2, 0) is 0 Å². The molecule has 1 amide bonds. The number of benzene rings is 3. The molecule has 2 N–H and O–H groups in total. The van der Waals surface area contributed by atoms with Gasteiger partial charge in [-0.05, 0) is 103 Å². The summed E-state index contributed by atoms with van der Waals surface area (Å²) in [6, 6.07) is 15.3. The molecule has 12 heteroatoms. The number of nitrogens with one attached hydrogen (secondary N) is 2. The van der Waals surface area contributed by atoms with Crippen molar-refractivity contribution in [1.29, 1.82) is 0 Å². The summed E-state index contributed by atoms with van der Waals surface area (Å²) in [5.74, 6) is -0.153. The van der Waals surface area contributed by atoms with Crippen molar-refractivity contribution in [3.8, 4) is 11.5 Å². The Morgan fingerprint density at radius 1 is 1.11 bits per heavy atom. The number of nitro groups is 1. The molecule has 38 heavy (non-hydrogen) atoms. The summed E-state index contributed by atoms with van der Waals surface area (Å²) in [6.07, 6.45) is 3.08. The Kier molecular flexibility index (Phi) is 7.77. The molecule has 4 aromatic rings. The van der Waals surface area contributed by atoms with Crippen LogP contribution < -0.4 is 15.5 Å². The zero-order valence-electron chi connectivity index (χ0n) is 19.9. The van der Waals surface area contributed by atoms with Crippen LogP contribution in [0.4, 0.5) is 17.1 Å². The van der Waals surface area contributed by atoms with Gasteiger partial charge in [-0.15, -0.1) is 0 Å². The minimum atomic E-state index is -0.547. The lowest BCUT2D eigenvalue weighted by atomic mass is 10.1. The second kappa shape index (κ2) is 11.2. The molecule has 3 aromatic carbocycles. The van der Waals surface area contributed by atoms with E-state index in [1.807, 2.05) is 17.0 Å². The number of nitrogens with zero attached hydrogens (tertiary/aromatic N) is 3. The number of halogens is 2. The molecule has 1 fully saturated rings. The Morgan fingerprint density at radius 2 is 1.89 bits per heavy atom. The van der Waals surface area contributed by atoms with Gasteiger partial charge in [0.05, 0.1) is 15.5 Å². The summed E-state index contributed by atoms with van der Waals surface area (Å²) in [7, 11) is 0. The van der Waals surface area contributed by atoms with Gasteiger partial charge in [0, 0.05) is 34.0 Å². The summed E-state index contributed by atoms with van der Waals surface area (Å²) in [6.45, 7) is 1.52. The fourth-order valence-electron chi connectivity index (χ4n) is 4.33. The van der Waals surface area contributed by atoms with Crippen molar-refractivity contribution in [2.75, 3.05) is 23.3 Å².